The molecule has 9 aromatic carbocycles. The molecule has 0 heterocycles. The van der Waals surface area contributed by atoms with Crippen molar-refractivity contribution in [1.29, 1.82) is 0 Å². The van der Waals surface area contributed by atoms with Crippen LogP contribution >= 0.6 is 0 Å². The lowest BCUT2D eigenvalue weighted by Crippen LogP contribution is -2.04. The summed E-state index contributed by atoms with van der Waals surface area (Å²) in [6.07, 6.45) is 0. The average molecular weight is 624 g/mol. The first-order valence-corrected chi connectivity index (χ1v) is 16.9. The molecule has 0 saturated carbocycles. The molecule has 0 spiro atoms. The molecular formula is C48H33N. The van der Waals surface area contributed by atoms with Gasteiger partial charge in [-0.3, -0.25) is 4.99 Å². The van der Waals surface area contributed by atoms with Gasteiger partial charge >= 0.3 is 0 Å². The van der Waals surface area contributed by atoms with Crippen LogP contribution in [0.15, 0.2) is 193 Å². The van der Waals surface area contributed by atoms with E-state index in [1.54, 1.807) is 0 Å². The van der Waals surface area contributed by atoms with E-state index in [1.165, 1.54) is 70.9 Å². The van der Waals surface area contributed by atoms with Crippen molar-refractivity contribution >= 4 is 48.8 Å². The summed E-state index contributed by atoms with van der Waals surface area (Å²) in [4.78, 5) is 5.28. The van der Waals surface area contributed by atoms with Crippen LogP contribution in [0.2, 0.25) is 0 Å². The fourth-order valence-corrected chi connectivity index (χ4v) is 7.35. The normalized spacial score (nSPS) is 11.3. The molecule has 0 fully saturated rings. The topological polar surface area (TPSA) is 12.4 Å². The predicted molar refractivity (Wildman–Crippen MR) is 210 cm³/mol. The summed E-state index contributed by atoms with van der Waals surface area (Å²) in [5, 5.41) is 9.99. The second kappa shape index (κ2) is 12.4. The maximum Gasteiger partial charge on any atom is 0.0723 e. The lowest BCUT2D eigenvalue weighted by atomic mass is 9.84. The molecule has 9 rings (SSSR count). The average Bonchev–Trinajstić information content (AvgIpc) is 3.17. The summed E-state index contributed by atoms with van der Waals surface area (Å²) in [5.74, 6) is 0. The molecule has 0 atom stereocenters. The fraction of sp³-hybridized carbons (Fsp3) is 0.0208. The maximum absolute atomic E-state index is 5.28. The third kappa shape index (κ3) is 5.36. The molecule has 9 aromatic rings. The van der Waals surface area contributed by atoms with E-state index in [9.17, 15) is 0 Å². The Morgan fingerprint density at radius 2 is 0.796 bits per heavy atom. The molecule has 1 nitrogen and oxygen atoms in total. The zero-order valence-corrected chi connectivity index (χ0v) is 27.1. The SMILES string of the molecule is c1ccc(C(=NCc2ccc3c(-c4ccc5ccccc5c4)c4ccccc4c(-c4ccc5ccccc5c4)c3c2)c2ccccc2)cc1. The molecule has 1 heteroatoms. The monoisotopic (exact) mass is 623 g/mol. The lowest BCUT2D eigenvalue weighted by molar-refractivity contribution is 1.07. The Hall–Kier alpha value is -6.31. The van der Waals surface area contributed by atoms with Gasteiger partial charge in [0.05, 0.1) is 12.3 Å². The van der Waals surface area contributed by atoms with Gasteiger partial charge in [0.25, 0.3) is 0 Å². The smallest absolute Gasteiger partial charge is 0.0723 e. The number of rotatable bonds is 6. The van der Waals surface area contributed by atoms with Crippen LogP contribution in [0.4, 0.5) is 0 Å². The van der Waals surface area contributed by atoms with Crippen LogP contribution in [-0.4, -0.2) is 5.71 Å². The van der Waals surface area contributed by atoms with Gasteiger partial charge in [-0.1, -0.05) is 170 Å². The highest BCUT2D eigenvalue weighted by Gasteiger charge is 2.18. The third-order valence-corrected chi connectivity index (χ3v) is 9.68. The largest absolute Gasteiger partial charge is 0.279 e. The van der Waals surface area contributed by atoms with Crippen molar-refractivity contribution in [2.45, 2.75) is 6.54 Å². The molecule has 0 aliphatic heterocycles. The number of aliphatic imine (C=N–C) groups is 1. The Bertz CT molecular complexity index is 2630. The van der Waals surface area contributed by atoms with Crippen LogP contribution in [0.3, 0.4) is 0 Å². The molecular weight excluding hydrogens is 591 g/mol. The standard InChI is InChI=1S/C48H33N/c1-3-15-36(16-4-1)48(37-17-5-2-6-18-37)49-32-33-23-28-44-45(29-33)47(41-27-25-35-14-8-10-20-39(35)31-41)43-22-12-11-21-42(43)46(44)40-26-24-34-13-7-9-19-38(34)30-40/h1-31H,32H2. The molecule has 230 valence electrons. The second-order valence-electron chi connectivity index (χ2n) is 12.7. The van der Waals surface area contributed by atoms with Crippen molar-refractivity contribution in [3.05, 3.63) is 205 Å². The summed E-state index contributed by atoms with van der Waals surface area (Å²) in [7, 11) is 0. The Morgan fingerprint density at radius 3 is 1.35 bits per heavy atom. The summed E-state index contributed by atoms with van der Waals surface area (Å²) in [6.45, 7) is 0.574. The Kier molecular flexibility index (Phi) is 7.29. The van der Waals surface area contributed by atoms with Gasteiger partial charge < -0.3 is 0 Å². The minimum Gasteiger partial charge on any atom is -0.279 e. The van der Waals surface area contributed by atoms with E-state index in [2.05, 4.69) is 188 Å². The highest BCUT2D eigenvalue weighted by atomic mass is 14.7. The second-order valence-corrected chi connectivity index (χ2v) is 12.7. The van der Waals surface area contributed by atoms with Crippen LogP contribution in [0.1, 0.15) is 16.7 Å². The molecule has 0 amide bonds. The van der Waals surface area contributed by atoms with Crippen molar-refractivity contribution in [2.75, 3.05) is 0 Å². The maximum atomic E-state index is 5.28. The van der Waals surface area contributed by atoms with Gasteiger partial charge in [-0.15, -0.1) is 0 Å². The van der Waals surface area contributed by atoms with Crippen molar-refractivity contribution in [1.82, 2.24) is 0 Å². The Balaban J connectivity index is 1.30. The molecule has 0 N–H and O–H groups in total. The van der Waals surface area contributed by atoms with Gasteiger partial charge in [-0.05, 0) is 89.1 Å². The highest BCUT2D eigenvalue weighted by Crippen LogP contribution is 2.45. The number of fused-ring (bicyclic) bond motifs is 4. The lowest BCUT2D eigenvalue weighted by Gasteiger charge is -2.19. The highest BCUT2D eigenvalue weighted by molar-refractivity contribution is 6.22. The van der Waals surface area contributed by atoms with Gasteiger partial charge in [0, 0.05) is 11.1 Å². The summed E-state index contributed by atoms with van der Waals surface area (Å²) >= 11 is 0. The van der Waals surface area contributed by atoms with E-state index in [0.717, 1.165) is 16.8 Å². The van der Waals surface area contributed by atoms with E-state index in [-0.39, 0.29) is 0 Å². The number of benzene rings is 9. The van der Waals surface area contributed by atoms with Crippen LogP contribution < -0.4 is 0 Å². The first kappa shape index (κ1) is 28.9. The minimum absolute atomic E-state index is 0.574. The van der Waals surface area contributed by atoms with Gasteiger partial charge in [0.15, 0.2) is 0 Å². The summed E-state index contributed by atoms with van der Waals surface area (Å²) in [6, 6.07) is 67.9. The van der Waals surface area contributed by atoms with E-state index < -0.39 is 0 Å². The van der Waals surface area contributed by atoms with Gasteiger partial charge in [0.1, 0.15) is 0 Å². The third-order valence-electron chi connectivity index (χ3n) is 9.68. The first-order chi connectivity index (χ1) is 24.3. The van der Waals surface area contributed by atoms with E-state index in [4.69, 9.17) is 4.99 Å². The molecule has 0 radical (unpaired) electrons. The molecule has 49 heavy (non-hydrogen) atoms. The van der Waals surface area contributed by atoms with E-state index in [0.29, 0.717) is 6.54 Å². The Morgan fingerprint density at radius 1 is 0.347 bits per heavy atom. The van der Waals surface area contributed by atoms with Crippen LogP contribution in [0.5, 0.6) is 0 Å². The summed E-state index contributed by atoms with van der Waals surface area (Å²) < 4.78 is 0. The van der Waals surface area contributed by atoms with Gasteiger partial charge in [0.2, 0.25) is 0 Å². The zero-order chi connectivity index (χ0) is 32.6. The van der Waals surface area contributed by atoms with Crippen LogP contribution in [0.25, 0.3) is 65.3 Å². The van der Waals surface area contributed by atoms with E-state index in [1.807, 2.05) is 0 Å². The predicted octanol–water partition coefficient (Wildman–Crippen LogP) is 12.7. The van der Waals surface area contributed by atoms with E-state index >= 15 is 0 Å². The van der Waals surface area contributed by atoms with Crippen molar-refractivity contribution in [3.63, 3.8) is 0 Å². The molecule has 0 unspecified atom stereocenters. The first-order valence-electron chi connectivity index (χ1n) is 16.9. The van der Waals surface area contributed by atoms with Crippen LogP contribution in [0, 0.1) is 0 Å². The Labute approximate surface area is 286 Å². The molecule has 0 aromatic heterocycles. The number of hydrogen-bond donors (Lipinski definition) is 0. The van der Waals surface area contributed by atoms with Crippen molar-refractivity contribution < 1.29 is 0 Å². The number of hydrogen-bond acceptors (Lipinski definition) is 1. The van der Waals surface area contributed by atoms with Crippen molar-refractivity contribution in [2.24, 2.45) is 4.99 Å². The molecule has 0 saturated heterocycles. The molecule has 0 aliphatic rings. The molecule has 0 bridgehead atoms. The van der Waals surface area contributed by atoms with Crippen molar-refractivity contribution in [3.8, 4) is 22.3 Å². The minimum atomic E-state index is 0.574. The fourth-order valence-electron chi connectivity index (χ4n) is 7.35. The molecule has 0 aliphatic carbocycles. The van der Waals surface area contributed by atoms with Crippen LogP contribution in [-0.2, 0) is 6.54 Å². The quantitative estimate of drug-likeness (QED) is 0.129. The van der Waals surface area contributed by atoms with Gasteiger partial charge in [-0.2, -0.15) is 0 Å². The zero-order valence-electron chi connectivity index (χ0n) is 27.1. The number of nitrogens with zero attached hydrogens (tertiary/aromatic N) is 1. The summed E-state index contributed by atoms with van der Waals surface area (Å²) in [5.41, 5.74) is 9.41. The van der Waals surface area contributed by atoms with Gasteiger partial charge in [-0.25, -0.2) is 0 Å².